The monoisotopic (exact) mass is 460 g/mol. The Labute approximate surface area is 189 Å². The van der Waals surface area contributed by atoms with Gasteiger partial charge in [0.15, 0.2) is 0 Å². The van der Waals surface area contributed by atoms with E-state index < -0.39 is 21.9 Å². The molecule has 1 heterocycles. The van der Waals surface area contributed by atoms with Gasteiger partial charge in [-0.15, -0.1) is 4.28 Å². The van der Waals surface area contributed by atoms with Gasteiger partial charge in [-0.25, -0.2) is 4.18 Å². The molecule has 3 fully saturated rings. The molecule has 5 rings (SSSR count). The lowest BCUT2D eigenvalue weighted by Gasteiger charge is -2.55. The first-order chi connectivity index (χ1) is 15.3. The minimum Gasteiger partial charge on any atom is -0.302 e. The van der Waals surface area contributed by atoms with Crippen LogP contribution in [0.15, 0.2) is 42.2 Å². The molecule has 4 aliphatic rings. The van der Waals surface area contributed by atoms with Crippen LogP contribution in [0.25, 0.3) is 0 Å². The lowest BCUT2D eigenvalue weighted by atomic mass is 9.48. The summed E-state index contributed by atoms with van der Waals surface area (Å²) in [5.74, 6) is 1.29. The molecule has 1 aromatic heterocycles. The van der Waals surface area contributed by atoms with Gasteiger partial charge in [0.25, 0.3) is 0 Å². The number of carbonyl (C=O) groups is 2. The van der Waals surface area contributed by atoms with Gasteiger partial charge in [0, 0.05) is 28.7 Å². The number of carbonyl (C=O) groups excluding carboxylic acids is 2. The number of rotatable bonds is 5. The Morgan fingerprint density at radius 3 is 2.62 bits per heavy atom. The highest BCUT2D eigenvalue weighted by Crippen LogP contribution is 2.63. The summed E-state index contributed by atoms with van der Waals surface area (Å²) in [6, 6.07) is 5.07. The smallest absolute Gasteiger partial charge is 0.302 e. The Morgan fingerprint density at radius 1 is 1.09 bits per heavy atom. The van der Waals surface area contributed by atoms with Gasteiger partial charge in [-0.1, -0.05) is 24.6 Å². The van der Waals surface area contributed by atoms with Crippen molar-refractivity contribution in [3.63, 3.8) is 0 Å². The molecular formula is C24H30NO6S+. The lowest BCUT2D eigenvalue weighted by Crippen LogP contribution is -2.53. The Bertz CT molecular complexity index is 1050. The standard InChI is InChI=1S/C24H30NO6S/c1-23-11-10-21-19(20(23)7-8-22(23)27)6-5-17-15-18(9-12-24(17,21)16-26)30-32(28,29)31-25-13-3-2-4-14-25/h2-5,13-14,16,18-21H,6-12,15H2,1H3/q+1/t18-,19-,20-,21-,23-,24+/m0/s1. The maximum Gasteiger partial charge on any atom is 0.503 e. The van der Waals surface area contributed by atoms with Crippen LogP contribution in [0, 0.1) is 28.6 Å². The van der Waals surface area contributed by atoms with Crippen molar-refractivity contribution in [1.82, 2.24) is 0 Å². The SMILES string of the molecule is C[C@]12CC[C@H]3[C@@H](CC=C4C[C@@H](OS(=O)(=O)O[n+]5ccccc5)CC[C@@]43C=O)[C@@H]1CCC2=O. The first-order valence-electron chi connectivity index (χ1n) is 11.6. The molecule has 7 nitrogen and oxygen atoms in total. The lowest BCUT2D eigenvalue weighted by molar-refractivity contribution is -0.857. The zero-order chi connectivity index (χ0) is 22.6. The highest BCUT2D eigenvalue weighted by molar-refractivity contribution is 7.81. The first-order valence-corrected chi connectivity index (χ1v) is 12.9. The molecule has 0 aromatic carbocycles. The van der Waals surface area contributed by atoms with Gasteiger partial charge >= 0.3 is 10.4 Å². The average molecular weight is 461 g/mol. The fraction of sp³-hybridized carbons (Fsp3) is 0.625. The quantitative estimate of drug-likeness (QED) is 0.381. The summed E-state index contributed by atoms with van der Waals surface area (Å²) in [6.45, 7) is 2.12. The highest BCUT2D eigenvalue weighted by atomic mass is 32.3. The van der Waals surface area contributed by atoms with E-state index in [2.05, 4.69) is 13.0 Å². The summed E-state index contributed by atoms with van der Waals surface area (Å²) in [5.41, 5.74) is 0.201. The van der Waals surface area contributed by atoms with Crippen LogP contribution in [0.3, 0.4) is 0 Å². The normalized spacial score (nSPS) is 38.8. The molecule has 32 heavy (non-hydrogen) atoms. The number of hydrogen-bond donors (Lipinski definition) is 0. The fourth-order valence-electron chi connectivity index (χ4n) is 7.13. The third kappa shape index (κ3) is 3.43. The van der Waals surface area contributed by atoms with Crippen molar-refractivity contribution in [1.29, 1.82) is 0 Å². The number of aromatic nitrogens is 1. The van der Waals surface area contributed by atoms with Gasteiger partial charge in [-0.3, -0.25) is 4.79 Å². The molecule has 0 unspecified atom stereocenters. The molecule has 3 saturated carbocycles. The average Bonchev–Trinajstić information content (AvgIpc) is 3.08. The van der Waals surface area contributed by atoms with Crippen LogP contribution < -0.4 is 9.01 Å². The highest BCUT2D eigenvalue weighted by Gasteiger charge is 2.60. The largest absolute Gasteiger partial charge is 0.503 e. The third-order valence-electron chi connectivity index (χ3n) is 8.70. The number of pyridine rings is 1. The summed E-state index contributed by atoms with van der Waals surface area (Å²) in [5, 5.41) is 0. The van der Waals surface area contributed by atoms with Crippen molar-refractivity contribution < 1.29 is 31.2 Å². The van der Waals surface area contributed by atoms with Crippen LogP contribution in [0.4, 0.5) is 0 Å². The van der Waals surface area contributed by atoms with Crippen LogP contribution in [-0.2, 0) is 24.2 Å². The van der Waals surface area contributed by atoms with Crippen LogP contribution in [0.5, 0.6) is 0 Å². The van der Waals surface area contributed by atoms with E-state index in [4.69, 9.17) is 8.47 Å². The van der Waals surface area contributed by atoms with E-state index in [1.165, 1.54) is 12.4 Å². The Morgan fingerprint density at radius 2 is 1.88 bits per heavy atom. The molecule has 0 bridgehead atoms. The van der Waals surface area contributed by atoms with E-state index in [-0.39, 0.29) is 11.3 Å². The Hall–Kier alpha value is -2.06. The van der Waals surface area contributed by atoms with Crippen LogP contribution in [0.1, 0.15) is 58.3 Å². The van der Waals surface area contributed by atoms with Crippen LogP contribution >= 0.6 is 0 Å². The van der Waals surface area contributed by atoms with Crippen LogP contribution in [0.2, 0.25) is 0 Å². The van der Waals surface area contributed by atoms with E-state index in [9.17, 15) is 18.0 Å². The van der Waals surface area contributed by atoms with E-state index >= 15 is 0 Å². The molecule has 0 radical (unpaired) electrons. The zero-order valence-corrected chi connectivity index (χ0v) is 19.1. The predicted octanol–water partition coefficient (Wildman–Crippen LogP) is 2.74. The minimum absolute atomic E-state index is 0.220. The fourth-order valence-corrected chi connectivity index (χ4v) is 7.97. The van der Waals surface area contributed by atoms with Gasteiger partial charge in [-0.2, -0.15) is 8.42 Å². The molecule has 8 heteroatoms. The summed E-state index contributed by atoms with van der Waals surface area (Å²) in [7, 11) is -4.24. The van der Waals surface area contributed by atoms with Crippen LogP contribution in [-0.4, -0.2) is 26.6 Å². The predicted molar refractivity (Wildman–Crippen MR) is 114 cm³/mol. The second-order valence-corrected chi connectivity index (χ2v) is 11.3. The summed E-state index contributed by atoms with van der Waals surface area (Å²) in [6.07, 6.45) is 11.2. The molecule has 4 aliphatic carbocycles. The van der Waals surface area contributed by atoms with Crippen molar-refractivity contribution in [2.45, 2.75) is 64.4 Å². The third-order valence-corrected chi connectivity index (χ3v) is 9.56. The topological polar surface area (TPSA) is 90.6 Å². The van der Waals surface area contributed by atoms with Crippen molar-refractivity contribution in [2.24, 2.45) is 28.6 Å². The first kappa shape index (κ1) is 21.8. The van der Waals surface area contributed by atoms with Gasteiger partial charge < -0.3 is 4.79 Å². The van der Waals surface area contributed by atoms with Crippen molar-refractivity contribution in [2.75, 3.05) is 0 Å². The van der Waals surface area contributed by atoms with Gasteiger partial charge in [0.2, 0.25) is 12.4 Å². The Kier molecular flexibility index (Phi) is 5.28. The number of Topliss-reactive ketones (excluding diaryl/α,β-unsaturated/α-hetero) is 1. The summed E-state index contributed by atoms with van der Waals surface area (Å²) < 4.78 is 36.3. The summed E-state index contributed by atoms with van der Waals surface area (Å²) in [4.78, 5) is 25.1. The van der Waals surface area contributed by atoms with Gasteiger partial charge in [0.1, 0.15) is 12.1 Å². The molecule has 0 spiro atoms. The molecular weight excluding hydrogens is 430 g/mol. The number of hydrogen-bond acceptors (Lipinski definition) is 6. The number of ketones is 1. The Balaban J connectivity index is 1.34. The molecule has 0 saturated heterocycles. The van der Waals surface area contributed by atoms with Crippen molar-refractivity contribution in [3.8, 4) is 0 Å². The minimum atomic E-state index is -4.24. The number of nitrogens with zero attached hydrogens (tertiary/aromatic N) is 1. The molecule has 6 atom stereocenters. The molecule has 172 valence electrons. The number of allylic oxidation sites excluding steroid dienone is 1. The van der Waals surface area contributed by atoms with E-state index in [0.29, 0.717) is 43.3 Å². The van der Waals surface area contributed by atoms with Crippen molar-refractivity contribution >= 4 is 22.5 Å². The number of aldehydes is 1. The number of fused-ring (bicyclic) bond motifs is 5. The van der Waals surface area contributed by atoms with Crippen molar-refractivity contribution in [3.05, 3.63) is 42.2 Å². The van der Waals surface area contributed by atoms with E-state index in [1.54, 1.807) is 18.2 Å². The maximum atomic E-state index is 12.6. The molecule has 0 aliphatic heterocycles. The van der Waals surface area contributed by atoms with Gasteiger partial charge in [-0.05, 0) is 62.7 Å². The summed E-state index contributed by atoms with van der Waals surface area (Å²) >= 11 is 0. The molecule has 0 N–H and O–H groups in total. The molecule has 0 amide bonds. The molecule has 1 aromatic rings. The second-order valence-electron chi connectivity index (χ2n) is 10.1. The maximum absolute atomic E-state index is 12.6. The second kappa shape index (κ2) is 7.76. The van der Waals surface area contributed by atoms with Gasteiger partial charge in [0.05, 0.1) is 11.5 Å². The van der Waals surface area contributed by atoms with E-state index in [1.807, 2.05) is 0 Å². The van der Waals surface area contributed by atoms with E-state index in [0.717, 1.165) is 42.3 Å². The zero-order valence-electron chi connectivity index (χ0n) is 18.3.